The number of nitrogens with zero attached hydrogens (tertiary/aromatic N) is 4. The van der Waals surface area contributed by atoms with Crippen LogP contribution in [0.4, 0.5) is 0 Å². The number of rotatable bonds is 8. The molecule has 9 heteroatoms. The fourth-order valence-corrected chi connectivity index (χ4v) is 5.69. The Morgan fingerprint density at radius 1 is 1.11 bits per heavy atom. The van der Waals surface area contributed by atoms with E-state index in [2.05, 4.69) is 29.2 Å². The maximum Gasteiger partial charge on any atom is 0.248 e. The van der Waals surface area contributed by atoms with Crippen LogP contribution in [0.1, 0.15) is 75.9 Å². The van der Waals surface area contributed by atoms with Crippen molar-refractivity contribution in [3.63, 3.8) is 0 Å². The van der Waals surface area contributed by atoms with Gasteiger partial charge in [0.1, 0.15) is 12.1 Å². The van der Waals surface area contributed by atoms with E-state index >= 15 is 0 Å². The lowest BCUT2D eigenvalue weighted by Gasteiger charge is -2.30. The highest BCUT2D eigenvalue weighted by molar-refractivity contribution is 7.13. The molecule has 4 rings (SSSR count). The Labute approximate surface area is 222 Å². The summed E-state index contributed by atoms with van der Waals surface area (Å²) in [7, 11) is 0. The van der Waals surface area contributed by atoms with Gasteiger partial charge in [-0.2, -0.15) is 5.10 Å². The third-order valence-electron chi connectivity index (χ3n) is 7.10. The number of aromatic nitrogens is 3. The first-order chi connectivity index (χ1) is 17.6. The second-order valence-electron chi connectivity index (χ2n) is 10.6. The number of hydrogen-bond acceptors (Lipinski definition) is 6. The van der Waals surface area contributed by atoms with Crippen LogP contribution in [0.3, 0.4) is 0 Å². The van der Waals surface area contributed by atoms with E-state index in [0.717, 1.165) is 27.3 Å². The van der Waals surface area contributed by atoms with Crippen molar-refractivity contribution in [3.05, 3.63) is 59.0 Å². The van der Waals surface area contributed by atoms with E-state index in [1.807, 2.05) is 63.7 Å². The van der Waals surface area contributed by atoms with Crippen LogP contribution in [0.15, 0.2) is 42.2 Å². The lowest BCUT2D eigenvalue weighted by atomic mass is 10.0. The van der Waals surface area contributed by atoms with Crippen LogP contribution in [0.5, 0.6) is 0 Å². The van der Waals surface area contributed by atoms with Crippen LogP contribution in [0.2, 0.25) is 0 Å². The molecule has 0 aliphatic carbocycles. The molecule has 2 amide bonds. The lowest BCUT2D eigenvalue weighted by Crippen LogP contribution is -2.49. The molecule has 198 valence electrons. The molecule has 1 aliphatic rings. The summed E-state index contributed by atoms with van der Waals surface area (Å²) >= 11 is 1.60. The Hall–Kier alpha value is -3.04. The number of benzene rings is 1. The molecule has 8 nitrogen and oxygen atoms in total. The molecule has 0 saturated carbocycles. The second-order valence-corrected chi connectivity index (χ2v) is 11.5. The number of nitrogens with one attached hydrogen (secondary N) is 1. The van der Waals surface area contributed by atoms with Gasteiger partial charge in [0, 0.05) is 19.2 Å². The number of likely N-dealkylation sites (tertiary alicyclic amines) is 1. The predicted molar refractivity (Wildman–Crippen MR) is 145 cm³/mol. The van der Waals surface area contributed by atoms with Crippen molar-refractivity contribution in [3.8, 4) is 10.4 Å². The molecule has 1 aliphatic heterocycles. The molecule has 2 aromatic heterocycles. The average Bonchev–Trinajstić information content (AvgIpc) is 3.59. The van der Waals surface area contributed by atoms with Crippen molar-refractivity contribution in [2.24, 2.45) is 5.92 Å². The van der Waals surface area contributed by atoms with Gasteiger partial charge in [0.2, 0.25) is 11.8 Å². The maximum atomic E-state index is 13.7. The predicted octanol–water partition coefficient (Wildman–Crippen LogP) is 4.47. The quantitative estimate of drug-likeness (QED) is 0.454. The third kappa shape index (κ3) is 5.78. The molecule has 3 heterocycles. The largest absolute Gasteiger partial charge is 0.391 e. The number of carbonyl (C=O) groups is 2. The van der Waals surface area contributed by atoms with Crippen molar-refractivity contribution < 1.29 is 14.7 Å². The highest BCUT2D eigenvalue weighted by atomic mass is 32.1. The summed E-state index contributed by atoms with van der Waals surface area (Å²) in [4.78, 5) is 34.1. The fourth-order valence-electron chi connectivity index (χ4n) is 4.88. The van der Waals surface area contributed by atoms with E-state index in [4.69, 9.17) is 0 Å². The van der Waals surface area contributed by atoms with Gasteiger partial charge in [-0.25, -0.2) is 4.98 Å². The van der Waals surface area contributed by atoms with Crippen LogP contribution in [0.25, 0.3) is 10.4 Å². The number of amides is 2. The summed E-state index contributed by atoms with van der Waals surface area (Å²) in [5, 5.41) is 18.0. The number of β-amino-alcohol motifs (C(OH)–C–C–N with tert-alkyl or cyclic N) is 1. The smallest absolute Gasteiger partial charge is 0.248 e. The highest BCUT2D eigenvalue weighted by Gasteiger charge is 2.42. The first-order valence-corrected chi connectivity index (χ1v) is 13.8. The molecule has 1 aromatic carbocycles. The van der Waals surface area contributed by atoms with E-state index in [9.17, 15) is 14.7 Å². The molecule has 0 spiro atoms. The van der Waals surface area contributed by atoms with Gasteiger partial charge in [-0.1, -0.05) is 52.0 Å². The number of aliphatic hydroxyl groups is 1. The van der Waals surface area contributed by atoms with Crippen LogP contribution in [-0.2, 0) is 9.59 Å². The van der Waals surface area contributed by atoms with Crippen LogP contribution in [-0.4, -0.2) is 55.3 Å². The number of aryl methyl sites for hydroxylation is 1. The highest BCUT2D eigenvalue weighted by Crippen LogP contribution is 2.30. The molecule has 37 heavy (non-hydrogen) atoms. The molecular formula is C28H37N5O3S. The van der Waals surface area contributed by atoms with E-state index < -0.39 is 18.2 Å². The van der Waals surface area contributed by atoms with Crippen molar-refractivity contribution in [1.29, 1.82) is 0 Å². The Morgan fingerprint density at radius 2 is 1.81 bits per heavy atom. The van der Waals surface area contributed by atoms with Gasteiger partial charge < -0.3 is 15.3 Å². The molecule has 4 atom stereocenters. The van der Waals surface area contributed by atoms with Gasteiger partial charge in [-0.15, -0.1) is 11.3 Å². The van der Waals surface area contributed by atoms with Gasteiger partial charge >= 0.3 is 0 Å². The minimum Gasteiger partial charge on any atom is -0.391 e. The van der Waals surface area contributed by atoms with Crippen molar-refractivity contribution in [2.45, 2.75) is 78.1 Å². The van der Waals surface area contributed by atoms with E-state index in [1.54, 1.807) is 22.2 Å². The summed E-state index contributed by atoms with van der Waals surface area (Å²) in [6.07, 6.45) is 3.18. The minimum atomic E-state index is -0.742. The van der Waals surface area contributed by atoms with Gasteiger partial charge in [-0.3, -0.25) is 14.3 Å². The first-order valence-electron chi connectivity index (χ1n) is 12.9. The normalized spacial score (nSPS) is 19.4. The Balaban J connectivity index is 1.48. The SMILES string of the molecule is Cc1ncsc1-c1ccc(C(C)NC(=O)C2CC(O)CN2C(=O)C(C(C)C)n2cc(C(C)C)cn2)cc1. The Morgan fingerprint density at radius 3 is 2.38 bits per heavy atom. The van der Waals surface area contributed by atoms with Gasteiger partial charge in [0.15, 0.2) is 0 Å². The molecule has 1 saturated heterocycles. The number of carbonyl (C=O) groups excluding carboxylic acids is 2. The van der Waals surface area contributed by atoms with E-state index in [0.29, 0.717) is 5.92 Å². The summed E-state index contributed by atoms with van der Waals surface area (Å²) in [6.45, 7) is 12.2. The zero-order chi connectivity index (χ0) is 26.9. The van der Waals surface area contributed by atoms with Crippen molar-refractivity contribution >= 4 is 23.2 Å². The standard InChI is InChI=1S/C28H37N5O3S/c1-16(2)22-12-30-33(13-22)25(17(3)4)28(36)32-14-23(34)11-24(32)27(35)31-18(5)20-7-9-21(10-8-20)26-19(6)29-15-37-26/h7-10,12-13,15-18,23-25,34H,11,14H2,1-6H3,(H,31,35). The summed E-state index contributed by atoms with van der Waals surface area (Å²) in [5.74, 6) is -0.188. The molecule has 0 radical (unpaired) electrons. The number of thiazole rings is 1. The van der Waals surface area contributed by atoms with Gasteiger partial charge in [0.05, 0.1) is 34.4 Å². The monoisotopic (exact) mass is 523 g/mol. The second kappa shape index (κ2) is 11.1. The van der Waals surface area contributed by atoms with Gasteiger partial charge in [-0.05, 0) is 42.4 Å². The summed E-state index contributed by atoms with van der Waals surface area (Å²) < 4.78 is 1.71. The molecular weight excluding hydrogens is 486 g/mol. The van der Waals surface area contributed by atoms with Crippen molar-refractivity contribution in [2.75, 3.05) is 6.54 Å². The summed E-state index contributed by atoms with van der Waals surface area (Å²) in [6, 6.07) is 6.56. The van der Waals surface area contributed by atoms with Crippen LogP contribution in [0, 0.1) is 12.8 Å². The van der Waals surface area contributed by atoms with Crippen LogP contribution < -0.4 is 5.32 Å². The van der Waals surface area contributed by atoms with Crippen molar-refractivity contribution in [1.82, 2.24) is 25.0 Å². The summed E-state index contributed by atoms with van der Waals surface area (Å²) in [5.41, 5.74) is 5.95. The van der Waals surface area contributed by atoms with Gasteiger partial charge in [0.25, 0.3) is 0 Å². The average molecular weight is 524 g/mol. The molecule has 2 N–H and O–H groups in total. The zero-order valence-corrected chi connectivity index (χ0v) is 23.2. The number of hydrogen-bond donors (Lipinski definition) is 2. The topological polar surface area (TPSA) is 100 Å². The molecule has 1 fully saturated rings. The Kier molecular flexibility index (Phi) is 8.14. The molecule has 4 unspecified atom stereocenters. The Bertz CT molecular complexity index is 1230. The van der Waals surface area contributed by atoms with E-state index in [1.165, 1.54) is 4.90 Å². The van der Waals surface area contributed by atoms with Crippen LogP contribution >= 0.6 is 11.3 Å². The minimum absolute atomic E-state index is 0.0338. The lowest BCUT2D eigenvalue weighted by molar-refractivity contribution is -0.142. The fraction of sp³-hybridized carbons (Fsp3) is 0.500. The first kappa shape index (κ1) is 27.0. The molecule has 0 bridgehead atoms. The third-order valence-corrected chi connectivity index (χ3v) is 8.08. The molecule has 3 aromatic rings. The van der Waals surface area contributed by atoms with E-state index in [-0.39, 0.29) is 36.7 Å². The zero-order valence-electron chi connectivity index (χ0n) is 22.4. The maximum absolute atomic E-state index is 13.7. The number of aliphatic hydroxyl groups excluding tert-OH is 1.